The number of halogens is 1. The molecule has 6 nitrogen and oxygen atoms in total. The topological polar surface area (TPSA) is 75.7 Å². The molecule has 0 atom stereocenters. The quantitative estimate of drug-likeness (QED) is 0.380. The van der Waals surface area contributed by atoms with E-state index in [0.717, 1.165) is 28.0 Å². The average molecular weight is 475 g/mol. The van der Waals surface area contributed by atoms with Crippen molar-refractivity contribution in [3.05, 3.63) is 99.6 Å². The highest BCUT2D eigenvalue weighted by Crippen LogP contribution is 2.28. The van der Waals surface area contributed by atoms with Gasteiger partial charge in [0, 0.05) is 10.6 Å². The maximum atomic E-state index is 13.2. The first-order valence-corrected chi connectivity index (χ1v) is 11.2. The Bertz CT molecular complexity index is 1280. The SMILES string of the molecule is CCc1ccc(N2C(=O)NC(=O)/C(=C\c3cc(Cl)ccc3OCc3ccc(C)cc3)C2=O)cc1. The van der Waals surface area contributed by atoms with Crippen molar-refractivity contribution in [1.82, 2.24) is 5.32 Å². The highest BCUT2D eigenvalue weighted by atomic mass is 35.5. The van der Waals surface area contributed by atoms with E-state index in [1.54, 1.807) is 30.3 Å². The van der Waals surface area contributed by atoms with Crippen LogP contribution in [0.4, 0.5) is 10.5 Å². The fourth-order valence-corrected chi connectivity index (χ4v) is 3.72. The molecule has 7 heteroatoms. The molecule has 0 aliphatic carbocycles. The molecule has 1 N–H and O–H groups in total. The Morgan fingerprint density at radius 1 is 0.941 bits per heavy atom. The van der Waals surface area contributed by atoms with Crippen LogP contribution in [0.15, 0.2) is 72.3 Å². The molecule has 0 aromatic heterocycles. The molecule has 3 aromatic rings. The lowest BCUT2D eigenvalue weighted by atomic mass is 10.1. The van der Waals surface area contributed by atoms with Gasteiger partial charge in [0.25, 0.3) is 11.8 Å². The minimum atomic E-state index is -0.793. The van der Waals surface area contributed by atoms with Gasteiger partial charge in [-0.3, -0.25) is 14.9 Å². The van der Waals surface area contributed by atoms with Crippen molar-refractivity contribution in [3.8, 4) is 5.75 Å². The minimum absolute atomic E-state index is 0.193. The van der Waals surface area contributed by atoms with Gasteiger partial charge in [-0.25, -0.2) is 9.69 Å². The van der Waals surface area contributed by atoms with Crippen molar-refractivity contribution in [2.24, 2.45) is 0 Å². The van der Waals surface area contributed by atoms with Crippen LogP contribution in [0.25, 0.3) is 6.08 Å². The van der Waals surface area contributed by atoms with Gasteiger partial charge in [0.05, 0.1) is 5.69 Å². The minimum Gasteiger partial charge on any atom is -0.488 e. The summed E-state index contributed by atoms with van der Waals surface area (Å²) in [6, 6.07) is 19.1. The Labute approximate surface area is 202 Å². The summed E-state index contributed by atoms with van der Waals surface area (Å²) in [4.78, 5) is 39.2. The summed E-state index contributed by atoms with van der Waals surface area (Å²) < 4.78 is 5.96. The predicted octanol–water partition coefficient (Wildman–Crippen LogP) is 5.46. The lowest BCUT2D eigenvalue weighted by molar-refractivity contribution is -0.122. The van der Waals surface area contributed by atoms with E-state index in [4.69, 9.17) is 16.3 Å². The van der Waals surface area contributed by atoms with E-state index in [0.29, 0.717) is 28.6 Å². The highest BCUT2D eigenvalue weighted by Gasteiger charge is 2.37. The number of anilines is 1. The molecular weight excluding hydrogens is 452 g/mol. The number of rotatable bonds is 6. The summed E-state index contributed by atoms with van der Waals surface area (Å²) in [6.45, 7) is 4.32. The molecule has 4 rings (SSSR count). The number of aryl methyl sites for hydroxylation is 2. The zero-order valence-electron chi connectivity index (χ0n) is 18.8. The van der Waals surface area contributed by atoms with Crippen molar-refractivity contribution in [3.63, 3.8) is 0 Å². The van der Waals surface area contributed by atoms with Crippen molar-refractivity contribution >= 4 is 41.2 Å². The molecule has 0 unspecified atom stereocenters. The van der Waals surface area contributed by atoms with E-state index in [2.05, 4.69) is 5.32 Å². The van der Waals surface area contributed by atoms with E-state index < -0.39 is 17.8 Å². The first kappa shape index (κ1) is 23.3. The van der Waals surface area contributed by atoms with Crippen LogP contribution in [0.1, 0.15) is 29.2 Å². The van der Waals surface area contributed by atoms with Crippen molar-refractivity contribution in [1.29, 1.82) is 0 Å². The summed E-state index contributed by atoms with van der Waals surface area (Å²) >= 11 is 6.18. The van der Waals surface area contributed by atoms with Crippen LogP contribution in [0.3, 0.4) is 0 Å². The number of benzene rings is 3. The summed E-state index contributed by atoms with van der Waals surface area (Å²) in [7, 11) is 0. The lowest BCUT2D eigenvalue weighted by Crippen LogP contribution is -2.54. The van der Waals surface area contributed by atoms with Gasteiger partial charge in [0.15, 0.2) is 0 Å². The summed E-state index contributed by atoms with van der Waals surface area (Å²) in [6.07, 6.45) is 2.22. The number of ether oxygens (including phenoxy) is 1. The van der Waals surface area contributed by atoms with E-state index in [-0.39, 0.29) is 5.57 Å². The second kappa shape index (κ2) is 9.93. The Morgan fingerprint density at radius 2 is 1.62 bits per heavy atom. The third-order valence-electron chi connectivity index (χ3n) is 5.49. The van der Waals surface area contributed by atoms with Crippen LogP contribution in [0.5, 0.6) is 5.75 Å². The smallest absolute Gasteiger partial charge is 0.335 e. The number of imide groups is 2. The zero-order valence-corrected chi connectivity index (χ0v) is 19.6. The molecule has 1 aliphatic heterocycles. The van der Waals surface area contributed by atoms with E-state index in [1.165, 1.54) is 6.08 Å². The largest absolute Gasteiger partial charge is 0.488 e. The molecule has 1 fully saturated rings. The number of hydrogen-bond donors (Lipinski definition) is 1. The number of amides is 4. The fraction of sp³-hybridized carbons (Fsp3) is 0.148. The lowest BCUT2D eigenvalue weighted by Gasteiger charge is -2.26. The Balaban J connectivity index is 1.65. The number of urea groups is 1. The Hall–Kier alpha value is -3.90. The van der Waals surface area contributed by atoms with Crippen molar-refractivity contribution in [2.75, 3.05) is 4.90 Å². The Morgan fingerprint density at radius 3 is 2.29 bits per heavy atom. The number of nitrogens with zero attached hydrogens (tertiary/aromatic N) is 1. The standard InChI is InChI=1S/C27H23ClN2O4/c1-3-18-8-11-22(12-9-18)30-26(32)23(25(31)29-27(30)33)15-20-14-21(28)10-13-24(20)34-16-19-6-4-17(2)5-7-19/h4-15H,3,16H2,1-2H3,(H,29,31,33)/b23-15+. The van der Waals surface area contributed by atoms with Gasteiger partial charge in [-0.15, -0.1) is 0 Å². The van der Waals surface area contributed by atoms with Crippen LogP contribution in [0.2, 0.25) is 5.02 Å². The second-order valence-electron chi connectivity index (χ2n) is 7.93. The molecule has 0 spiro atoms. The maximum absolute atomic E-state index is 13.2. The number of hydrogen-bond acceptors (Lipinski definition) is 4. The zero-order chi connectivity index (χ0) is 24.2. The molecule has 172 valence electrons. The monoisotopic (exact) mass is 474 g/mol. The second-order valence-corrected chi connectivity index (χ2v) is 8.37. The van der Waals surface area contributed by atoms with Gasteiger partial charge in [0.1, 0.15) is 17.9 Å². The molecular formula is C27H23ClN2O4. The molecule has 0 radical (unpaired) electrons. The average Bonchev–Trinajstić information content (AvgIpc) is 2.82. The third-order valence-corrected chi connectivity index (χ3v) is 5.73. The van der Waals surface area contributed by atoms with Crippen molar-refractivity contribution in [2.45, 2.75) is 26.9 Å². The van der Waals surface area contributed by atoms with E-state index in [9.17, 15) is 14.4 Å². The molecule has 1 aliphatic rings. The Kier molecular flexibility index (Phi) is 6.80. The van der Waals surface area contributed by atoms with Crippen LogP contribution in [0, 0.1) is 6.92 Å². The van der Waals surface area contributed by atoms with Crippen LogP contribution in [-0.4, -0.2) is 17.8 Å². The highest BCUT2D eigenvalue weighted by molar-refractivity contribution is 6.39. The normalized spacial score (nSPS) is 15.0. The molecule has 0 bridgehead atoms. The van der Waals surface area contributed by atoms with Gasteiger partial charge in [-0.2, -0.15) is 0 Å². The molecule has 1 heterocycles. The number of carbonyl (C=O) groups is 3. The van der Waals surface area contributed by atoms with Gasteiger partial charge in [-0.05, 0) is 60.9 Å². The molecule has 34 heavy (non-hydrogen) atoms. The van der Waals surface area contributed by atoms with Crippen molar-refractivity contribution < 1.29 is 19.1 Å². The maximum Gasteiger partial charge on any atom is 0.335 e. The van der Waals surface area contributed by atoms with Crippen LogP contribution >= 0.6 is 11.6 Å². The van der Waals surface area contributed by atoms with E-state index in [1.807, 2.05) is 50.2 Å². The first-order chi connectivity index (χ1) is 16.4. The molecule has 3 aromatic carbocycles. The van der Waals surface area contributed by atoms with Gasteiger partial charge >= 0.3 is 6.03 Å². The van der Waals surface area contributed by atoms with E-state index >= 15 is 0 Å². The fourth-order valence-electron chi connectivity index (χ4n) is 3.54. The third kappa shape index (κ3) is 5.02. The first-order valence-electron chi connectivity index (χ1n) is 10.8. The van der Waals surface area contributed by atoms with Gasteiger partial charge in [0.2, 0.25) is 0 Å². The van der Waals surface area contributed by atoms with Gasteiger partial charge in [-0.1, -0.05) is 60.5 Å². The summed E-state index contributed by atoms with van der Waals surface area (Å²) in [5, 5.41) is 2.66. The summed E-state index contributed by atoms with van der Waals surface area (Å²) in [5.41, 5.74) is 3.81. The van der Waals surface area contributed by atoms with Crippen LogP contribution in [-0.2, 0) is 22.6 Å². The molecule has 1 saturated heterocycles. The number of barbiturate groups is 1. The molecule has 0 saturated carbocycles. The number of nitrogens with one attached hydrogen (secondary N) is 1. The number of carbonyl (C=O) groups excluding carboxylic acids is 3. The summed E-state index contributed by atoms with van der Waals surface area (Å²) in [5.74, 6) is -1.04. The molecule has 4 amide bonds. The predicted molar refractivity (Wildman–Crippen MR) is 132 cm³/mol. The van der Waals surface area contributed by atoms with Gasteiger partial charge < -0.3 is 4.74 Å². The van der Waals surface area contributed by atoms with Crippen LogP contribution < -0.4 is 15.0 Å².